The summed E-state index contributed by atoms with van der Waals surface area (Å²) in [5.74, 6) is 1.64. The van der Waals surface area contributed by atoms with Gasteiger partial charge in [0.15, 0.2) is 15.7 Å². The number of aryl methyl sites for hydroxylation is 1. The summed E-state index contributed by atoms with van der Waals surface area (Å²) < 4.78 is 24.9. The fourth-order valence-electron chi connectivity index (χ4n) is 2.81. The van der Waals surface area contributed by atoms with Crippen LogP contribution in [0.3, 0.4) is 0 Å². The van der Waals surface area contributed by atoms with Gasteiger partial charge in [0.2, 0.25) is 0 Å². The van der Waals surface area contributed by atoms with Crippen molar-refractivity contribution in [3.63, 3.8) is 0 Å². The molecular weight excluding hydrogens is 276 g/mol. The molecule has 1 atom stereocenters. The number of rotatable bonds is 3. The third-order valence-corrected chi connectivity index (χ3v) is 5.55. The quantitative estimate of drug-likeness (QED) is 0.841. The van der Waals surface area contributed by atoms with E-state index in [2.05, 4.69) is 10.1 Å². The van der Waals surface area contributed by atoms with Crippen LogP contribution in [0, 0.1) is 12.8 Å². The first-order valence-electron chi connectivity index (χ1n) is 6.67. The van der Waals surface area contributed by atoms with E-state index in [0.29, 0.717) is 18.1 Å². The molecule has 6 nitrogen and oxygen atoms in total. The summed E-state index contributed by atoms with van der Waals surface area (Å²) >= 11 is 0. The molecule has 2 aromatic heterocycles. The Bertz CT molecular complexity index is 738. The number of hydrogen-bond acceptors (Lipinski definition) is 5. The Balaban J connectivity index is 1.84. The van der Waals surface area contributed by atoms with Crippen LogP contribution in [0.15, 0.2) is 18.5 Å². The third kappa shape index (κ3) is 2.49. The van der Waals surface area contributed by atoms with Gasteiger partial charge in [-0.05, 0) is 25.3 Å². The normalized spacial score (nSPS) is 21.4. The molecule has 1 saturated heterocycles. The van der Waals surface area contributed by atoms with Crippen molar-refractivity contribution < 1.29 is 8.42 Å². The Hall–Kier alpha value is -1.63. The summed E-state index contributed by atoms with van der Waals surface area (Å²) in [5.41, 5.74) is 1.89. The fourth-order valence-corrected chi connectivity index (χ4v) is 4.66. The molecule has 0 aromatic carbocycles. The lowest BCUT2D eigenvalue weighted by Crippen LogP contribution is -2.27. The molecule has 2 aromatic rings. The van der Waals surface area contributed by atoms with Gasteiger partial charge in [0.1, 0.15) is 5.52 Å². The molecule has 0 radical (unpaired) electrons. The van der Waals surface area contributed by atoms with Gasteiger partial charge in [-0.2, -0.15) is 5.10 Å². The molecule has 3 heterocycles. The van der Waals surface area contributed by atoms with E-state index in [9.17, 15) is 8.42 Å². The van der Waals surface area contributed by atoms with Crippen molar-refractivity contribution >= 4 is 21.2 Å². The molecule has 0 aliphatic carbocycles. The van der Waals surface area contributed by atoms with Gasteiger partial charge in [0, 0.05) is 26.0 Å². The lowest BCUT2D eigenvalue weighted by molar-refractivity contribution is 0.580. The SMILES string of the molecule is Cc1cc2c(N(C)CC3CCS(=O)(=O)C3)nccn2n1. The van der Waals surface area contributed by atoms with Crippen LogP contribution in [0.25, 0.3) is 5.52 Å². The molecule has 20 heavy (non-hydrogen) atoms. The van der Waals surface area contributed by atoms with Crippen LogP contribution in [-0.4, -0.2) is 48.1 Å². The number of sulfone groups is 1. The predicted molar refractivity (Wildman–Crippen MR) is 77.8 cm³/mol. The summed E-state index contributed by atoms with van der Waals surface area (Å²) in [5, 5.41) is 4.37. The first kappa shape index (κ1) is 13.4. The van der Waals surface area contributed by atoms with E-state index in [1.54, 1.807) is 10.7 Å². The molecule has 1 aliphatic rings. The van der Waals surface area contributed by atoms with E-state index in [0.717, 1.165) is 23.4 Å². The lowest BCUT2D eigenvalue weighted by atomic mass is 10.1. The zero-order valence-electron chi connectivity index (χ0n) is 11.7. The summed E-state index contributed by atoms with van der Waals surface area (Å²) in [6.07, 6.45) is 4.28. The molecule has 1 fully saturated rings. The largest absolute Gasteiger partial charge is 0.358 e. The van der Waals surface area contributed by atoms with E-state index in [1.807, 2.05) is 31.1 Å². The summed E-state index contributed by atoms with van der Waals surface area (Å²) in [7, 11) is -0.872. The van der Waals surface area contributed by atoms with Gasteiger partial charge in [-0.25, -0.2) is 17.9 Å². The van der Waals surface area contributed by atoms with E-state index in [-0.39, 0.29) is 5.92 Å². The number of hydrogen-bond donors (Lipinski definition) is 0. The zero-order chi connectivity index (χ0) is 14.3. The van der Waals surface area contributed by atoms with E-state index < -0.39 is 9.84 Å². The average Bonchev–Trinajstić information content (AvgIpc) is 2.90. The number of aromatic nitrogens is 3. The first-order chi connectivity index (χ1) is 9.44. The van der Waals surface area contributed by atoms with Gasteiger partial charge in [0.25, 0.3) is 0 Å². The Labute approximate surface area is 118 Å². The minimum atomic E-state index is -2.83. The van der Waals surface area contributed by atoms with Crippen molar-refractivity contribution in [2.75, 3.05) is 30.0 Å². The summed E-state index contributed by atoms with van der Waals surface area (Å²) in [4.78, 5) is 6.44. The van der Waals surface area contributed by atoms with Gasteiger partial charge >= 0.3 is 0 Å². The highest BCUT2D eigenvalue weighted by Crippen LogP contribution is 2.23. The second-order valence-corrected chi connectivity index (χ2v) is 7.74. The van der Waals surface area contributed by atoms with Crippen LogP contribution in [0.5, 0.6) is 0 Å². The third-order valence-electron chi connectivity index (χ3n) is 3.71. The fraction of sp³-hybridized carbons (Fsp3) is 0.538. The van der Waals surface area contributed by atoms with Crippen molar-refractivity contribution in [1.29, 1.82) is 0 Å². The Morgan fingerprint density at radius 2 is 2.30 bits per heavy atom. The van der Waals surface area contributed by atoms with Crippen molar-refractivity contribution in [3.05, 3.63) is 24.2 Å². The standard InChI is InChI=1S/C13H18N4O2S/c1-10-7-12-13(14-4-5-17(12)15-10)16(2)8-11-3-6-20(18,19)9-11/h4-5,7,11H,3,6,8-9H2,1-2H3. The topological polar surface area (TPSA) is 67.6 Å². The Morgan fingerprint density at radius 1 is 1.50 bits per heavy atom. The molecule has 0 saturated carbocycles. The second-order valence-electron chi connectivity index (χ2n) is 5.52. The molecule has 0 N–H and O–H groups in total. The number of anilines is 1. The van der Waals surface area contributed by atoms with Crippen molar-refractivity contribution in [2.45, 2.75) is 13.3 Å². The highest BCUT2D eigenvalue weighted by molar-refractivity contribution is 7.91. The van der Waals surface area contributed by atoms with E-state index in [1.165, 1.54) is 0 Å². The maximum Gasteiger partial charge on any atom is 0.154 e. The molecule has 7 heteroatoms. The highest BCUT2D eigenvalue weighted by atomic mass is 32.2. The molecule has 108 valence electrons. The first-order valence-corrected chi connectivity index (χ1v) is 8.49. The van der Waals surface area contributed by atoms with Crippen molar-refractivity contribution in [2.24, 2.45) is 5.92 Å². The van der Waals surface area contributed by atoms with Gasteiger partial charge in [-0.1, -0.05) is 0 Å². The Morgan fingerprint density at radius 3 is 3.00 bits per heavy atom. The monoisotopic (exact) mass is 294 g/mol. The highest BCUT2D eigenvalue weighted by Gasteiger charge is 2.29. The average molecular weight is 294 g/mol. The van der Waals surface area contributed by atoms with Gasteiger partial charge in [-0.15, -0.1) is 0 Å². The van der Waals surface area contributed by atoms with Gasteiger partial charge in [-0.3, -0.25) is 0 Å². The van der Waals surface area contributed by atoms with E-state index in [4.69, 9.17) is 0 Å². The Kier molecular flexibility index (Phi) is 3.16. The lowest BCUT2D eigenvalue weighted by Gasteiger charge is -2.21. The van der Waals surface area contributed by atoms with Gasteiger partial charge < -0.3 is 4.90 Å². The minimum Gasteiger partial charge on any atom is -0.358 e. The number of nitrogens with zero attached hydrogens (tertiary/aromatic N) is 4. The summed E-state index contributed by atoms with van der Waals surface area (Å²) in [6, 6.07) is 1.99. The zero-order valence-corrected chi connectivity index (χ0v) is 12.5. The molecule has 1 aliphatic heterocycles. The molecule has 0 spiro atoms. The van der Waals surface area contributed by atoms with E-state index >= 15 is 0 Å². The van der Waals surface area contributed by atoms with Crippen molar-refractivity contribution in [3.8, 4) is 0 Å². The molecule has 0 bridgehead atoms. The molecule has 0 amide bonds. The second kappa shape index (κ2) is 4.73. The summed E-state index contributed by atoms with van der Waals surface area (Å²) in [6.45, 7) is 2.65. The smallest absolute Gasteiger partial charge is 0.154 e. The van der Waals surface area contributed by atoms with Crippen LogP contribution in [0.1, 0.15) is 12.1 Å². The maximum atomic E-state index is 11.5. The van der Waals surface area contributed by atoms with Crippen LogP contribution >= 0.6 is 0 Å². The molecular formula is C13H18N4O2S. The maximum absolute atomic E-state index is 11.5. The van der Waals surface area contributed by atoms with Crippen LogP contribution < -0.4 is 4.90 Å². The van der Waals surface area contributed by atoms with Crippen LogP contribution in [0.4, 0.5) is 5.82 Å². The number of fused-ring (bicyclic) bond motifs is 1. The molecule has 3 rings (SSSR count). The minimum absolute atomic E-state index is 0.191. The van der Waals surface area contributed by atoms with Crippen LogP contribution in [0.2, 0.25) is 0 Å². The van der Waals surface area contributed by atoms with Crippen LogP contribution in [-0.2, 0) is 9.84 Å². The van der Waals surface area contributed by atoms with Gasteiger partial charge in [0.05, 0.1) is 17.2 Å². The molecule has 1 unspecified atom stereocenters. The predicted octanol–water partition coefficient (Wildman–Crippen LogP) is 0.909. The van der Waals surface area contributed by atoms with Crippen molar-refractivity contribution in [1.82, 2.24) is 14.6 Å².